The van der Waals surface area contributed by atoms with Gasteiger partial charge in [0.15, 0.2) is 11.6 Å². The maximum Gasteiger partial charge on any atom is 0.228 e. The highest BCUT2D eigenvalue weighted by Gasteiger charge is 2.43. The molecule has 6 heteroatoms. The average molecular weight is 917 g/mol. The van der Waals surface area contributed by atoms with E-state index in [2.05, 4.69) is 33.8 Å². The molecule has 2 aliphatic rings. The maximum atomic E-state index is 14.0. The zero-order chi connectivity index (χ0) is 49.4. The summed E-state index contributed by atoms with van der Waals surface area (Å²) in [6, 6.07) is 38.3. The summed E-state index contributed by atoms with van der Waals surface area (Å²) < 4.78 is 0. The fourth-order valence-corrected chi connectivity index (χ4v) is 12.0. The fraction of sp³-hybridized carbons (Fsp3) is 0.333. The van der Waals surface area contributed by atoms with Gasteiger partial charge in [0.1, 0.15) is 0 Å². The fourth-order valence-electron chi connectivity index (χ4n) is 12.0. The monoisotopic (exact) mass is 916 g/mol. The molecule has 6 aromatic carbocycles. The van der Waals surface area contributed by atoms with E-state index in [0.717, 1.165) is 81.3 Å². The van der Waals surface area contributed by atoms with Crippen molar-refractivity contribution in [2.75, 3.05) is 0 Å². The van der Waals surface area contributed by atoms with E-state index in [4.69, 9.17) is 0 Å². The predicted octanol–water partition coefficient (Wildman–Crippen LogP) is 14.5. The highest BCUT2D eigenvalue weighted by atomic mass is 16.2. The molecule has 6 aromatic rings. The molecule has 69 heavy (non-hydrogen) atoms. The number of hydrogen-bond donors (Lipinski definition) is 0. The van der Waals surface area contributed by atoms with Gasteiger partial charge in [-0.3, -0.25) is 28.8 Å². The van der Waals surface area contributed by atoms with Gasteiger partial charge in [0, 0.05) is 57.1 Å². The Morgan fingerprint density at radius 1 is 0.406 bits per heavy atom. The van der Waals surface area contributed by atoms with Crippen molar-refractivity contribution in [1.82, 2.24) is 0 Å². The van der Waals surface area contributed by atoms with Gasteiger partial charge in [-0.1, -0.05) is 151 Å². The third-order valence-corrected chi connectivity index (χ3v) is 16.7. The van der Waals surface area contributed by atoms with E-state index in [0.29, 0.717) is 59.1 Å². The largest absolute Gasteiger partial charge is 0.290 e. The Hall–Kier alpha value is -6.66. The van der Waals surface area contributed by atoms with Gasteiger partial charge < -0.3 is 0 Å². The molecular formula is C63H64O6. The number of fused-ring (bicyclic) bond motifs is 6. The molecule has 0 atom stereocenters. The van der Waals surface area contributed by atoms with Crippen molar-refractivity contribution in [1.29, 1.82) is 0 Å². The highest BCUT2D eigenvalue weighted by Crippen LogP contribution is 2.55. The van der Waals surface area contributed by atoms with Gasteiger partial charge in [-0.05, 0) is 138 Å². The van der Waals surface area contributed by atoms with E-state index in [9.17, 15) is 28.8 Å². The Labute approximate surface area is 408 Å². The molecule has 0 aromatic heterocycles. The quantitative estimate of drug-likeness (QED) is 0.0558. The third kappa shape index (κ3) is 8.30. The van der Waals surface area contributed by atoms with Crippen LogP contribution in [-0.2, 0) is 20.4 Å². The molecule has 6 nitrogen and oxygen atoms in total. The van der Waals surface area contributed by atoms with E-state index in [1.165, 1.54) is 0 Å². The Balaban J connectivity index is 0.965. The molecule has 0 saturated carbocycles. The van der Waals surface area contributed by atoms with Crippen LogP contribution >= 0.6 is 0 Å². The van der Waals surface area contributed by atoms with Crippen LogP contribution in [0.1, 0.15) is 192 Å². The number of carbonyl (C=O) groups is 6. The first kappa shape index (κ1) is 48.8. The van der Waals surface area contributed by atoms with Crippen molar-refractivity contribution in [2.24, 2.45) is 5.41 Å². The van der Waals surface area contributed by atoms with Crippen LogP contribution in [0.15, 0.2) is 121 Å². The number of rotatable bonds is 20. The van der Waals surface area contributed by atoms with Crippen LogP contribution in [0.2, 0.25) is 0 Å². The van der Waals surface area contributed by atoms with E-state index >= 15 is 0 Å². The summed E-state index contributed by atoms with van der Waals surface area (Å²) in [5.74, 6) is -2.11. The van der Waals surface area contributed by atoms with Gasteiger partial charge in [0.2, 0.25) is 23.1 Å². The summed E-state index contributed by atoms with van der Waals surface area (Å²) >= 11 is 0. The predicted molar refractivity (Wildman–Crippen MR) is 276 cm³/mol. The van der Waals surface area contributed by atoms with E-state index in [-0.39, 0.29) is 29.8 Å². The van der Waals surface area contributed by atoms with Crippen LogP contribution in [0.3, 0.4) is 0 Å². The van der Waals surface area contributed by atoms with Gasteiger partial charge in [-0.25, -0.2) is 0 Å². The van der Waals surface area contributed by atoms with Crippen LogP contribution in [0, 0.1) is 19.3 Å². The molecular weight excluding hydrogens is 853 g/mol. The second kappa shape index (κ2) is 19.4. The Morgan fingerprint density at radius 3 is 1.22 bits per heavy atom. The molecule has 0 amide bonds. The van der Waals surface area contributed by atoms with Gasteiger partial charge in [0.05, 0.1) is 0 Å². The van der Waals surface area contributed by atoms with Crippen LogP contribution in [0.5, 0.6) is 0 Å². The smallest absolute Gasteiger partial charge is 0.228 e. The zero-order valence-electron chi connectivity index (χ0n) is 41.6. The van der Waals surface area contributed by atoms with Crippen molar-refractivity contribution in [2.45, 2.75) is 130 Å². The van der Waals surface area contributed by atoms with Crippen molar-refractivity contribution >= 4 is 34.7 Å². The number of aryl methyl sites for hydroxylation is 2. The van der Waals surface area contributed by atoms with Crippen LogP contribution in [0.25, 0.3) is 22.3 Å². The summed E-state index contributed by atoms with van der Waals surface area (Å²) in [6.45, 7) is 16.6. The van der Waals surface area contributed by atoms with Crippen molar-refractivity contribution in [3.63, 3.8) is 0 Å². The summed E-state index contributed by atoms with van der Waals surface area (Å²) in [5, 5.41) is 0. The number of carbonyl (C=O) groups excluding carboxylic acids is 6. The standard InChI is InChI=1S/C63H64O6/c1-9-61(10-2,33-31-55(64)59(68)42-26-30-52-50(36-42)49-35-41(25-29-51(49)62(52,11-3)12-4)57(66)45-21-17-15-19-39(45)7)34-32-56(65)60(69)44-24-28-48-47-27-23-43(58(67)46-22-18-16-20-40(46)8)37-53(47)63(13-5,14-6)54(48)38-44/h15-30,35-38H,9-14,31-34H2,1-8H3. The SMILES string of the molecule is CCC(CC)(CCC(=O)C(=O)c1ccc2c(c1)-c1cc(C(=O)c3ccccc3C)ccc1C2(CC)CC)CCC(=O)C(=O)c1ccc2c(c1)C(CC)(CC)c1cc(C(=O)c3ccccc3C)ccc1-2. The lowest BCUT2D eigenvalue weighted by Gasteiger charge is -2.31. The van der Waals surface area contributed by atoms with E-state index in [1.54, 1.807) is 12.1 Å². The van der Waals surface area contributed by atoms with Crippen molar-refractivity contribution < 1.29 is 28.8 Å². The Bertz CT molecular complexity index is 3060. The van der Waals surface area contributed by atoms with E-state index < -0.39 is 34.0 Å². The molecule has 0 radical (unpaired) electrons. The van der Waals surface area contributed by atoms with E-state index in [1.807, 2.05) is 131 Å². The first-order valence-corrected chi connectivity index (χ1v) is 25.1. The van der Waals surface area contributed by atoms with Crippen molar-refractivity contribution in [3.8, 4) is 22.3 Å². The molecule has 0 bridgehead atoms. The first-order valence-electron chi connectivity index (χ1n) is 25.1. The molecule has 2 aliphatic carbocycles. The van der Waals surface area contributed by atoms with Crippen molar-refractivity contribution in [3.05, 3.63) is 188 Å². The van der Waals surface area contributed by atoms with Gasteiger partial charge in [0.25, 0.3) is 0 Å². The Kier molecular flexibility index (Phi) is 13.7. The molecule has 0 fully saturated rings. The molecule has 0 unspecified atom stereocenters. The van der Waals surface area contributed by atoms with Gasteiger partial charge in [-0.15, -0.1) is 0 Å². The van der Waals surface area contributed by atoms with Gasteiger partial charge >= 0.3 is 0 Å². The first-order chi connectivity index (χ1) is 33.2. The zero-order valence-corrected chi connectivity index (χ0v) is 41.6. The van der Waals surface area contributed by atoms with Crippen LogP contribution < -0.4 is 0 Å². The normalized spacial score (nSPS) is 13.8. The summed E-state index contributed by atoms with van der Waals surface area (Å²) in [4.78, 5) is 83.2. The lowest BCUT2D eigenvalue weighted by molar-refractivity contribution is -0.116. The minimum atomic E-state index is -0.549. The van der Waals surface area contributed by atoms with Crippen LogP contribution in [0.4, 0.5) is 0 Å². The molecule has 0 N–H and O–H groups in total. The molecule has 352 valence electrons. The number of hydrogen-bond acceptors (Lipinski definition) is 6. The number of Topliss-reactive ketones (excluding diaryl/α,β-unsaturated/α-hetero) is 4. The topological polar surface area (TPSA) is 102 Å². The third-order valence-electron chi connectivity index (χ3n) is 16.7. The summed E-state index contributed by atoms with van der Waals surface area (Å²) in [6.07, 6.45) is 5.45. The Morgan fingerprint density at radius 2 is 0.768 bits per heavy atom. The second-order valence-electron chi connectivity index (χ2n) is 19.6. The summed E-state index contributed by atoms with van der Waals surface area (Å²) in [5.41, 5.74) is 12.1. The minimum absolute atomic E-state index is 0.0230. The lowest BCUT2D eigenvalue weighted by Crippen LogP contribution is -2.26. The molecule has 0 heterocycles. The second-order valence-corrected chi connectivity index (χ2v) is 19.6. The number of benzene rings is 6. The van der Waals surface area contributed by atoms with Crippen LogP contribution in [-0.4, -0.2) is 34.7 Å². The molecule has 0 spiro atoms. The average Bonchev–Trinajstić information content (AvgIpc) is 3.83. The minimum Gasteiger partial charge on any atom is -0.290 e. The molecule has 0 saturated heterocycles. The maximum absolute atomic E-state index is 14.0. The summed E-state index contributed by atoms with van der Waals surface area (Å²) in [7, 11) is 0. The number of ketones is 6. The lowest BCUT2D eigenvalue weighted by atomic mass is 9.72. The van der Waals surface area contributed by atoms with Gasteiger partial charge in [-0.2, -0.15) is 0 Å². The highest BCUT2D eigenvalue weighted by molar-refractivity contribution is 6.44. The molecule has 8 rings (SSSR count). The molecule has 0 aliphatic heterocycles.